The molecule has 1 amide bonds. The first-order valence-electron chi connectivity index (χ1n) is 10.4. The molecule has 31 heavy (non-hydrogen) atoms. The van der Waals surface area contributed by atoms with E-state index < -0.39 is 10.0 Å². The molecule has 174 valence electrons. The van der Waals surface area contributed by atoms with Gasteiger partial charge in [-0.3, -0.25) is 9.59 Å². The Morgan fingerprint density at radius 1 is 1.29 bits per heavy atom. The molecule has 9 nitrogen and oxygen atoms in total. The smallest absolute Gasteiger partial charge is 0.290 e. The minimum absolute atomic E-state index is 0.0769. The van der Waals surface area contributed by atoms with Crippen LogP contribution in [0.1, 0.15) is 30.9 Å². The fourth-order valence-electron chi connectivity index (χ4n) is 4.15. The van der Waals surface area contributed by atoms with E-state index in [0.29, 0.717) is 39.0 Å². The van der Waals surface area contributed by atoms with Crippen LogP contribution in [0.5, 0.6) is 5.75 Å². The van der Waals surface area contributed by atoms with Crippen LogP contribution in [-0.4, -0.2) is 81.3 Å². The minimum atomic E-state index is -3.24. The normalized spacial score (nSPS) is 21.8. The van der Waals surface area contributed by atoms with E-state index in [1.165, 1.54) is 11.1 Å². The molecule has 0 bridgehead atoms. The number of nitrogens with zero attached hydrogens (tertiary/aromatic N) is 2. The van der Waals surface area contributed by atoms with Gasteiger partial charge >= 0.3 is 0 Å². The second-order valence-corrected chi connectivity index (χ2v) is 10.0. The van der Waals surface area contributed by atoms with Gasteiger partial charge in [-0.1, -0.05) is 6.07 Å². The monoisotopic (exact) mass is 455 g/mol. The van der Waals surface area contributed by atoms with Gasteiger partial charge in [0.1, 0.15) is 5.75 Å². The molecule has 3 rings (SSSR count). The van der Waals surface area contributed by atoms with Crippen molar-refractivity contribution in [2.24, 2.45) is 5.92 Å². The van der Waals surface area contributed by atoms with E-state index in [9.17, 15) is 13.2 Å². The maximum Gasteiger partial charge on any atom is 0.290 e. The molecule has 2 N–H and O–H groups in total. The van der Waals surface area contributed by atoms with E-state index in [2.05, 4.69) is 15.7 Å². The number of hydrogen-bond donors (Lipinski definition) is 2. The molecular weight excluding hydrogens is 422 g/mol. The number of amides is 1. The van der Waals surface area contributed by atoms with E-state index in [0.717, 1.165) is 12.2 Å². The number of ether oxygens (including phenoxy) is 1. The van der Waals surface area contributed by atoms with Gasteiger partial charge in [0, 0.05) is 32.2 Å². The second kappa shape index (κ2) is 11.4. The highest BCUT2D eigenvalue weighted by Crippen LogP contribution is 2.26. The first-order chi connectivity index (χ1) is 14.7. The van der Waals surface area contributed by atoms with Gasteiger partial charge in [0.05, 0.1) is 18.8 Å². The van der Waals surface area contributed by atoms with Crippen molar-refractivity contribution >= 4 is 22.4 Å². The molecule has 0 spiro atoms. The molecule has 1 aromatic rings. The summed E-state index contributed by atoms with van der Waals surface area (Å²) >= 11 is 0. The van der Waals surface area contributed by atoms with Crippen molar-refractivity contribution in [3.63, 3.8) is 0 Å². The predicted octanol–water partition coefficient (Wildman–Crippen LogP) is 0.930. The summed E-state index contributed by atoms with van der Waals surface area (Å²) in [5.74, 6) is 1.01. The maximum atomic E-state index is 13.2. The fourth-order valence-corrected chi connectivity index (χ4v) is 5.02. The van der Waals surface area contributed by atoms with Crippen LogP contribution in [0, 0.1) is 5.92 Å². The van der Waals surface area contributed by atoms with Crippen molar-refractivity contribution < 1.29 is 27.9 Å². The highest BCUT2D eigenvalue weighted by Gasteiger charge is 2.32. The average Bonchev–Trinajstić information content (AvgIpc) is 2.93. The Balaban J connectivity index is 0.00000107. The van der Waals surface area contributed by atoms with Crippen molar-refractivity contribution in [1.29, 1.82) is 0 Å². The van der Waals surface area contributed by atoms with Crippen LogP contribution in [0.15, 0.2) is 18.2 Å². The Hall–Kier alpha value is -2.17. The Morgan fingerprint density at radius 2 is 2.00 bits per heavy atom. The lowest BCUT2D eigenvalue weighted by molar-refractivity contribution is -0.137. The van der Waals surface area contributed by atoms with Crippen molar-refractivity contribution in [1.82, 2.24) is 14.5 Å². The standard InChI is InChI=1S/C20H31N3O4S.CH2O2/c1-4-28(25,26)21-18-7-5-17(12-22(2)14-18)20(24)23-10-9-15-11-19(27-3)8-6-16(15)13-23;2-1-3/h6,8,11,17-18,21H,4-5,7,9-10,12-14H2,1-3H3;1H,(H,2,3)/t17-,18+;/m1./s1. The number of sulfonamides is 1. The summed E-state index contributed by atoms with van der Waals surface area (Å²) in [5.41, 5.74) is 2.42. The first kappa shape index (κ1) is 25.1. The van der Waals surface area contributed by atoms with Crippen molar-refractivity contribution in [2.45, 2.75) is 38.8 Å². The highest BCUT2D eigenvalue weighted by molar-refractivity contribution is 7.89. The lowest BCUT2D eigenvalue weighted by Gasteiger charge is -2.32. The summed E-state index contributed by atoms with van der Waals surface area (Å²) in [4.78, 5) is 25.5. The molecule has 2 aliphatic heterocycles. The van der Waals surface area contributed by atoms with Crippen LogP contribution in [0.3, 0.4) is 0 Å². The van der Waals surface area contributed by atoms with Gasteiger partial charge in [0.15, 0.2) is 0 Å². The van der Waals surface area contributed by atoms with Crippen LogP contribution in [0.4, 0.5) is 0 Å². The average molecular weight is 456 g/mol. The van der Waals surface area contributed by atoms with Crippen molar-refractivity contribution in [2.75, 3.05) is 39.5 Å². The Kier molecular flexibility index (Phi) is 9.27. The van der Waals surface area contributed by atoms with Crippen LogP contribution in [0.2, 0.25) is 0 Å². The zero-order valence-corrected chi connectivity index (χ0v) is 19.2. The molecule has 10 heteroatoms. The summed E-state index contributed by atoms with van der Waals surface area (Å²) < 4.78 is 31.9. The zero-order valence-electron chi connectivity index (χ0n) is 18.4. The van der Waals surface area contributed by atoms with Crippen LogP contribution in [-0.2, 0) is 32.6 Å². The molecule has 2 heterocycles. The number of carboxylic acid groups (broad SMARTS) is 1. The molecule has 2 aliphatic rings. The molecular formula is C21H33N3O6S. The fraction of sp³-hybridized carbons (Fsp3) is 0.619. The minimum Gasteiger partial charge on any atom is -0.497 e. The Bertz CT molecular complexity index is 861. The van der Waals surface area contributed by atoms with E-state index in [-0.39, 0.29) is 30.1 Å². The summed E-state index contributed by atoms with van der Waals surface area (Å²) in [6.45, 7) is 4.02. The SMILES string of the molecule is CCS(=O)(=O)N[C@H]1CC[C@@H](C(=O)N2CCc3cc(OC)ccc3C2)CN(C)C1.O=CO. The predicted molar refractivity (Wildman–Crippen MR) is 117 cm³/mol. The lowest BCUT2D eigenvalue weighted by atomic mass is 9.96. The molecule has 0 radical (unpaired) electrons. The first-order valence-corrected chi connectivity index (χ1v) is 12.1. The summed E-state index contributed by atoms with van der Waals surface area (Å²) in [5, 5.41) is 6.89. The van der Waals surface area contributed by atoms with Gasteiger partial charge in [0.2, 0.25) is 15.9 Å². The highest BCUT2D eigenvalue weighted by atomic mass is 32.2. The number of methoxy groups -OCH3 is 1. The second-order valence-electron chi connectivity index (χ2n) is 7.96. The number of nitrogens with one attached hydrogen (secondary N) is 1. The molecule has 0 aromatic heterocycles. The topological polar surface area (TPSA) is 116 Å². The van der Waals surface area contributed by atoms with Crippen molar-refractivity contribution in [3.8, 4) is 5.75 Å². The van der Waals surface area contributed by atoms with Crippen LogP contribution >= 0.6 is 0 Å². The number of likely N-dealkylation sites (N-methyl/N-ethyl adjacent to an activating group) is 1. The number of hydrogen-bond acceptors (Lipinski definition) is 6. The zero-order chi connectivity index (χ0) is 23.0. The third-order valence-electron chi connectivity index (χ3n) is 5.74. The number of likely N-dealkylation sites (tertiary alicyclic amines) is 1. The van der Waals surface area contributed by atoms with Crippen LogP contribution in [0.25, 0.3) is 0 Å². The molecule has 1 fully saturated rings. The molecule has 1 saturated heterocycles. The van der Waals surface area contributed by atoms with Gasteiger partial charge in [-0.25, -0.2) is 13.1 Å². The summed E-state index contributed by atoms with van der Waals surface area (Å²) in [7, 11) is 0.380. The van der Waals surface area contributed by atoms with Gasteiger partial charge in [0.25, 0.3) is 6.47 Å². The van der Waals surface area contributed by atoms with E-state index in [1.807, 2.05) is 24.1 Å². The summed E-state index contributed by atoms with van der Waals surface area (Å²) in [6.07, 6.45) is 2.22. The van der Waals surface area contributed by atoms with E-state index in [1.54, 1.807) is 14.0 Å². The maximum absolute atomic E-state index is 13.2. The number of fused-ring (bicyclic) bond motifs is 1. The van der Waals surface area contributed by atoms with E-state index in [4.69, 9.17) is 14.6 Å². The largest absolute Gasteiger partial charge is 0.497 e. The van der Waals surface area contributed by atoms with Gasteiger partial charge in [-0.2, -0.15) is 0 Å². The molecule has 0 saturated carbocycles. The van der Waals surface area contributed by atoms with Crippen molar-refractivity contribution in [3.05, 3.63) is 29.3 Å². The van der Waals surface area contributed by atoms with Gasteiger partial charge in [-0.05, 0) is 56.5 Å². The molecule has 0 unspecified atom stereocenters. The Labute approximate surface area is 184 Å². The molecule has 0 aliphatic carbocycles. The van der Waals surface area contributed by atoms with Gasteiger partial charge < -0.3 is 19.6 Å². The molecule has 1 aromatic carbocycles. The van der Waals surface area contributed by atoms with E-state index >= 15 is 0 Å². The number of carbonyl (C=O) groups excluding carboxylic acids is 1. The number of benzene rings is 1. The third kappa shape index (κ3) is 7.19. The molecule has 2 atom stereocenters. The number of rotatable bonds is 5. The van der Waals surface area contributed by atoms with Gasteiger partial charge in [-0.15, -0.1) is 0 Å². The quantitative estimate of drug-likeness (QED) is 0.635. The van der Waals surface area contributed by atoms with Crippen LogP contribution < -0.4 is 9.46 Å². The third-order valence-corrected chi connectivity index (χ3v) is 7.19. The lowest BCUT2D eigenvalue weighted by Crippen LogP contribution is -2.43. The number of carbonyl (C=O) groups is 2. The summed E-state index contributed by atoms with van der Waals surface area (Å²) in [6, 6.07) is 5.90. The Morgan fingerprint density at radius 3 is 2.65 bits per heavy atom.